The Labute approximate surface area is 91.6 Å². The lowest BCUT2D eigenvalue weighted by Gasteiger charge is -2.02. The van der Waals surface area contributed by atoms with Gasteiger partial charge in [0.15, 0.2) is 10.6 Å². The van der Waals surface area contributed by atoms with Crippen molar-refractivity contribution in [3.05, 3.63) is 35.4 Å². The molecule has 0 aliphatic rings. The highest BCUT2D eigenvalue weighted by molar-refractivity contribution is 6.55. The smallest absolute Gasteiger partial charge is 0.195 e. The van der Waals surface area contributed by atoms with Crippen LogP contribution in [-0.4, -0.2) is 10.6 Å². The molecule has 0 fully saturated rings. The van der Waals surface area contributed by atoms with E-state index in [-0.39, 0.29) is 5.78 Å². The van der Waals surface area contributed by atoms with Crippen molar-refractivity contribution in [1.29, 1.82) is 0 Å². The van der Waals surface area contributed by atoms with Crippen LogP contribution in [0.15, 0.2) is 24.3 Å². The molecule has 0 unspecified atom stereocenters. The molecule has 1 rings (SSSR count). The second-order valence-electron chi connectivity index (χ2n) is 2.50. The molecule has 0 aromatic heterocycles. The van der Waals surface area contributed by atoms with Crippen LogP contribution in [0.1, 0.15) is 15.9 Å². The predicted molar refractivity (Wildman–Crippen MR) is 55.8 cm³/mol. The van der Waals surface area contributed by atoms with Crippen molar-refractivity contribution in [2.45, 2.75) is 10.7 Å². The van der Waals surface area contributed by atoms with Crippen molar-refractivity contribution in [2.24, 2.45) is 0 Å². The summed E-state index contributed by atoms with van der Waals surface area (Å²) in [6.45, 7) is 0. The Morgan fingerprint density at radius 3 is 2.62 bits per heavy atom. The summed E-state index contributed by atoms with van der Waals surface area (Å²) in [5, 5.41) is 0. The fourth-order valence-electron chi connectivity index (χ4n) is 0.934. The number of ketones is 1. The first-order valence-corrected chi connectivity index (χ1v) is 5.03. The van der Waals surface area contributed by atoms with E-state index in [4.69, 9.17) is 34.8 Å². The minimum Gasteiger partial charge on any atom is -0.291 e. The van der Waals surface area contributed by atoms with E-state index in [0.717, 1.165) is 5.56 Å². The largest absolute Gasteiger partial charge is 0.291 e. The van der Waals surface area contributed by atoms with Gasteiger partial charge in [-0.05, 0) is 11.6 Å². The van der Waals surface area contributed by atoms with Crippen molar-refractivity contribution in [1.82, 2.24) is 0 Å². The van der Waals surface area contributed by atoms with Gasteiger partial charge in [0.25, 0.3) is 0 Å². The third kappa shape index (κ3) is 2.87. The molecule has 13 heavy (non-hydrogen) atoms. The fourth-order valence-corrected chi connectivity index (χ4v) is 1.35. The minimum atomic E-state index is -1.01. The van der Waals surface area contributed by atoms with Crippen molar-refractivity contribution < 1.29 is 4.79 Å². The maximum Gasteiger partial charge on any atom is 0.195 e. The number of carbonyl (C=O) groups is 1. The summed E-state index contributed by atoms with van der Waals surface area (Å²) in [5.41, 5.74) is 1.37. The molecule has 1 nitrogen and oxygen atoms in total. The summed E-state index contributed by atoms with van der Waals surface area (Å²) < 4.78 is 0. The molecule has 0 spiro atoms. The Hall–Kier alpha value is -0.240. The van der Waals surface area contributed by atoms with Gasteiger partial charge in [0.2, 0.25) is 0 Å². The molecule has 1 aromatic rings. The second kappa shape index (κ2) is 4.85. The van der Waals surface area contributed by atoms with E-state index in [0.29, 0.717) is 11.4 Å². The van der Waals surface area contributed by atoms with Gasteiger partial charge in [-0.1, -0.05) is 41.4 Å². The third-order valence-corrected chi connectivity index (χ3v) is 2.27. The molecule has 0 saturated carbocycles. The number of hydrogen-bond donors (Lipinski definition) is 0. The van der Waals surface area contributed by atoms with Crippen LogP contribution in [0, 0.1) is 0 Å². The average Bonchev–Trinajstić information content (AvgIpc) is 2.16. The molecule has 0 radical (unpaired) electrons. The Bertz CT molecular complexity index is 309. The summed E-state index contributed by atoms with van der Waals surface area (Å²) in [6, 6.07) is 6.94. The first-order chi connectivity index (χ1) is 6.15. The quantitative estimate of drug-likeness (QED) is 0.582. The summed E-state index contributed by atoms with van der Waals surface area (Å²) >= 11 is 16.5. The Morgan fingerprint density at radius 1 is 1.38 bits per heavy atom. The van der Waals surface area contributed by atoms with Crippen LogP contribution in [0.5, 0.6) is 0 Å². The van der Waals surface area contributed by atoms with Crippen molar-refractivity contribution in [2.75, 3.05) is 0 Å². The zero-order chi connectivity index (χ0) is 9.84. The second-order valence-corrected chi connectivity index (χ2v) is 3.86. The van der Waals surface area contributed by atoms with Crippen LogP contribution in [0.25, 0.3) is 0 Å². The van der Waals surface area contributed by atoms with Gasteiger partial charge in [-0.3, -0.25) is 4.79 Å². The van der Waals surface area contributed by atoms with E-state index in [1.165, 1.54) is 0 Å². The predicted octanol–water partition coefficient (Wildman–Crippen LogP) is 3.41. The molecule has 0 atom stereocenters. The molecular weight excluding hydrogens is 230 g/mol. The molecule has 0 heterocycles. The van der Waals surface area contributed by atoms with Crippen LogP contribution in [0.2, 0.25) is 0 Å². The molecule has 4 heteroatoms. The van der Waals surface area contributed by atoms with E-state index in [1.54, 1.807) is 18.2 Å². The van der Waals surface area contributed by atoms with Crippen LogP contribution >= 0.6 is 34.8 Å². The van der Waals surface area contributed by atoms with Crippen molar-refractivity contribution in [3.63, 3.8) is 0 Å². The summed E-state index contributed by atoms with van der Waals surface area (Å²) in [7, 11) is 0. The maximum absolute atomic E-state index is 11.3. The number of Topliss-reactive ketones (excluding diaryl/α,β-unsaturated/α-hetero) is 1. The molecule has 0 saturated heterocycles. The molecule has 70 valence electrons. The lowest BCUT2D eigenvalue weighted by Crippen LogP contribution is -2.08. The van der Waals surface area contributed by atoms with Gasteiger partial charge in [0, 0.05) is 11.4 Å². The number of rotatable bonds is 3. The van der Waals surface area contributed by atoms with Gasteiger partial charge >= 0.3 is 0 Å². The standard InChI is InChI=1S/C9H7Cl3O/c10-5-6-2-1-3-7(4-6)8(13)9(11)12/h1-4,9H,5H2. The highest BCUT2D eigenvalue weighted by Gasteiger charge is 2.13. The van der Waals surface area contributed by atoms with Gasteiger partial charge in [0.1, 0.15) is 0 Å². The van der Waals surface area contributed by atoms with Crippen LogP contribution < -0.4 is 0 Å². The maximum atomic E-state index is 11.3. The SMILES string of the molecule is O=C(c1cccc(CCl)c1)C(Cl)Cl. The third-order valence-electron chi connectivity index (χ3n) is 1.56. The van der Waals surface area contributed by atoms with Gasteiger partial charge in [-0.25, -0.2) is 0 Å². The highest BCUT2D eigenvalue weighted by atomic mass is 35.5. The molecule has 0 N–H and O–H groups in total. The highest BCUT2D eigenvalue weighted by Crippen LogP contribution is 2.14. The summed E-state index contributed by atoms with van der Waals surface area (Å²) in [5.74, 6) is 0.0754. The van der Waals surface area contributed by atoms with E-state index < -0.39 is 4.84 Å². The fraction of sp³-hybridized carbons (Fsp3) is 0.222. The summed E-state index contributed by atoms with van der Waals surface area (Å²) in [4.78, 5) is 10.3. The number of alkyl halides is 3. The van der Waals surface area contributed by atoms with Crippen molar-refractivity contribution in [3.8, 4) is 0 Å². The normalized spacial score (nSPS) is 10.5. The molecule has 0 aliphatic carbocycles. The van der Waals surface area contributed by atoms with Crippen LogP contribution in [0.3, 0.4) is 0 Å². The van der Waals surface area contributed by atoms with Gasteiger partial charge in [-0.15, -0.1) is 11.6 Å². The topological polar surface area (TPSA) is 17.1 Å². The van der Waals surface area contributed by atoms with E-state index in [2.05, 4.69) is 0 Å². The lowest BCUT2D eigenvalue weighted by atomic mass is 10.1. The number of halogens is 3. The zero-order valence-corrected chi connectivity index (χ0v) is 8.90. The van der Waals surface area contributed by atoms with Crippen LogP contribution in [-0.2, 0) is 5.88 Å². The summed E-state index contributed by atoms with van der Waals surface area (Å²) in [6.07, 6.45) is 0. The Morgan fingerprint density at radius 2 is 2.08 bits per heavy atom. The molecular formula is C9H7Cl3O. The van der Waals surface area contributed by atoms with E-state index in [1.807, 2.05) is 6.07 Å². The van der Waals surface area contributed by atoms with Crippen molar-refractivity contribution >= 4 is 40.6 Å². The molecule has 1 aromatic carbocycles. The molecule has 0 amide bonds. The van der Waals surface area contributed by atoms with Gasteiger partial charge in [-0.2, -0.15) is 0 Å². The Kier molecular flexibility index (Phi) is 4.04. The number of carbonyl (C=O) groups excluding carboxylic acids is 1. The van der Waals surface area contributed by atoms with E-state index in [9.17, 15) is 4.79 Å². The van der Waals surface area contributed by atoms with Gasteiger partial charge < -0.3 is 0 Å². The average molecular weight is 238 g/mol. The lowest BCUT2D eigenvalue weighted by molar-refractivity contribution is 0.101. The number of hydrogen-bond acceptors (Lipinski definition) is 1. The molecule has 0 aliphatic heterocycles. The van der Waals surface area contributed by atoms with Gasteiger partial charge in [0.05, 0.1) is 0 Å². The minimum absolute atomic E-state index is 0.296. The Balaban J connectivity index is 2.95. The monoisotopic (exact) mass is 236 g/mol. The van der Waals surface area contributed by atoms with Crippen LogP contribution in [0.4, 0.5) is 0 Å². The molecule has 0 bridgehead atoms. The first kappa shape index (κ1) is 10.8. The zero-order valence-electron chi connectivity index (χ0n) is 6.64. The number of benzene rings is 1. The first-order valence-electron chi connectivity index (χ1n) is 3.62. The van der Waals surface area contributed by atoms with E-state index >= 15 is 0 Å².